The molecule has 0 bridgehead atoms. The van der Waals surface area contributed by atoms with Gasteiger partial charge in [-0.15, -0.1) is 11.3 Å². The Morgan fingerprint density at radius 3 is 1.94 bits per heavy atom. The van der Waals surface area contributed by atoms with Crippen molar-refractivity contribution in [1.29, 1.82) is 0 Å². The van der Waals surface area contributed by atoms with Crippen molar-refractivity contribution < 1.29 is 4.42 Å². The Hall–Kier alpha value is -6.68. The number of furan rings is 1. The van der Waals surface area contributed by atoms with E-state index >= 15 is 0 Å². The molecule has 0 aliphatic rings. The Bertz CT molecular complexity index is 3200. The molecule has 0 N–H and O–H groups in total. The van der Waals surface area contributed by atoms with Gasteiger partial charge in [0.15, 0.2) is 0 Å². The van der Waals surface area contributed by atoms with Crippen LogP contribution in [-0.4, -0.2) is 0 Å². The van der Waals surface area contributed by atoms with Gasteiger partial charge in [0.2, 0.25) is 0 Å². The quantitative estimate of drug-likeness (QED) is 0.178. The Morgan fingerprint density at radius 1 is 0.396 bits per heavy atom. The molecule has 0 unspecified atom stereocenters. The second-order valence-corrected chi connectivity index (χ2v) is 14.7. The highest BCUT2D eigenvalue weighted by Gasteiger charge is 2.23. The van der Waals surface area contributed by atoms with Gasteiger partial charge in [-0.05, 0) is 81.2 Å². The van der Waals surface area contributed by atoms with Gasteiger partial charge in [-0.2, -0.15) is 0 Å². The number of thiophene rings is 1. The second-order valence-electron chi connectivity index (χ2n) is 13.7. The third kappa shape index (κ3) is 4.86. The molecule has 3 heteroatoms. The summed E-state index contributed by atoms with van der Waals surface area (Å²) >= 11 is 1.86. The van der Waals surface area contributed by atoms with Crippen LogP contribution in [0.15, 0.2) is 192 Å². The standard InChI is InChI=1S/C50H31NOS/c1-2-13-33-28-37(27-26-32(33)12-1)34-16-9-17-38(29-34)51(46-24-11-22-43-40-19-6-8-25-48(40)53-50(43)46)45-23-7-5-18-39(45)41-20-10-21-42-44-30-35-14-3-4-15-36(35)31-47(44)52-49(41)42/h1-31H. The third-order valence-corrected chi connectivity index (χ3v) is 11.8. The zero-order valence-corrected chi connectivity index (χ0v) is 29.5. The molecular formula is C50H31NOS. The minimum Gasteiger partial charge on any atom is -0.455 e. The summed E-state index contributed by atoms with van der Waals surface area (Å²) in [6.07, 6.45) is 0. The maximum Gasteiger partial charge on any atom is 0.143 e. The van der Waals surface area contributed by atoms with E-state index in [2.05, 4.69) is 193 Å². The smallest absolute Gasteiger partial charge is 0.143 e. The lowest BCUT2D eigenvalue weighted by molar-refractivity contribution is 0.670. The summed E-state index contributed by atoms with van der Waals surface area (Å²) in [6.45, 7) is 0. The molecule has 0 saturated carbocycles. The van der Waals surface area contributed by atoms with Gasteiger partial charge < -0.3 is 9.32 Å². The maximum atomic E-state index is 6.80. The number of fused-ring (bicyclic) bond motifs is 8. The van der Waals surface area contributed by atoms with E-state index in [1.807, 2.05) is 11.3 Å². The molecule has 248 valence electrons. The van der Waals surface area contributed by atoms with E-state index < -0.39 is 0 Å². The first-order valence-corrected chi connectivity index (χ1v) is 18.8. The monoisotopic (exact) mass is 693 g/mol. The zero-order valence-electron chi connectivity index (χ0n) is 28.7. The molecule has 0 saturated heterocycles. The molecule has 0 aliphatic carbocycles. The molecule has 2 aromatic heterocycles. The molecule has 0 aliphatic heterocycles. The van der Waals surface area contributed by atoms with Gasteiger partial charge in [-0.1, -0.05) is 140 Å². The van der Waals surface area contributed by atoms with E-state index in [1.165, 1.54) is 52.8 Å². The normalized spacial score (nSPS) is 11.8. The van der Waals surface area contributed by atoms with Crippen LogP contribution in [0.3, 0.4) is 0 Å². The topological polar surface area (TPSA) is 16.4 Å². The van der Waals surface area contributed by atoms with Crippen LogP contribution >= 0.6 is 11.3 Å². The van der Waals surface area contributed by atoms with E-state index in [0.717, 1.165) is 50.1 Å². The summed E-state index contributed by atoms with van der Waals surface area (Å²) < 4.78 is 9.34. The predicted octanol–water partition coefficient (Wildman–Crippen LogP) is 15.1. The fourth-order valence-corrected chi connectivity index (χ4v) is 9.31. The summed E-state index contributed by atoms with van der Waals surface area (Å²) in [5, 5.41) is 9.67. The van der Waals surface area contributed by atoms with Crippen LogP contribution in [0.25, 0.3) is 85.9 Å². The molecule has 11 rings (SSSR count). The largest absolute Gasteiger partial charge is 0.455 e. The number of rotatable bonds is 5. The lowest BCUT2D eigenvalue weighted by Gasteiger charge is -2.29. The fraction of sp³-hybridized carbons (Fsp3) is 0. The number of para-hydroxylation sites is 2. The number of nitrogens with zero attached hydrogens (tertiary/aromatic N) is 1. The summed E-state index contributed by atoms with van der Waals surface area (Å²) in [5.41, 5.74) is 9.67. The van der Waals surface area contributed by atoms with Crippen molar-refractivity contribution in [2.24, 2.45) is 0 Å². The van der Waals surface area contributed by atoms with Gasteiger partial charge >= 0.3 is 0 Å². The van der Waals surface area contributed by atoms with Crippen LogP contribution < -0.4 is 4.90 Å². The third-order valence-electron chi connectivity index (χ3n) is 10.6. The van der Waals surface area contributed by atoms with Crippen molar-refractivity contribution in [1.82, 2.24) is 0 Å². The molecule has 0 spiro atoms. The van der Waals surface area contributed by atoms with E-state index in [1.54, 1.807) is 0 Å². The highest BCUT2D eigenvalue weighted by atomic mass is 32.1. The number of hydrogen-bond donors (Lipinski definition) is 0. The number of anilines is 3. The molecule has 0 fully saturated rings. The Kier molecular flexibility index (Phi) is 6.76. The lowest BCUT2D eigenvalue weighted by Crippen LogP contribution is -2.11. The summed E-state index contributed by atoms with van der Waals surface area (Å²) in [5.74, 6) is 0. The van der Waals surface area contributed by atoms with Gasteiger partial charge in [0.25, 0.3) is 0 Å². The minimum atomic E-state index is 0.898. The van der Waals surface area contributed by atoms with Crippen molar-refractivity contribution in [3.8, 4) is 22.3 Å². The van der Waals surface area contributed by atoms with Crippen molar-refractivity contribution in [2.45, 2.75) is 0 Å². The van der Waals surface area contributed by atoms with Gasteiger partial charge in [0, 0.05) is 43.1 Å². The van der Waals surface area contributed by atoms with Crippen LogP contribution in [0.4, 0.5) is 17.1 Å². The highest BCUT2D eigenvalue weighted by Crippen LogP contribution is 2.49. The predicted molar refractivity (Wildman–Crippen MR) is 227 cm³/mol. The fourth-order valence-electron chi connectivity index (χ4n) is 8.10. The Balaban J connectivity index is 1.16. The molecule has 2 nitrogen and oxygen atoms in total. The first kappa shape index (κ1) is 30.0. The Morgan fingerprint density at radius 2 is 1.04 bits per heavy atom. The van der Waals surface area contributed by atoms with Crippen molar-refractivity contribution in [2.75, 3.05) is 4.90 Å². The molecular weight excluding hydrogens is 663 g/mol. The van der Waals surface area contributed by atoms with Crippen molar-refractivity contribution in [3.63, 3.8) is 0 Å². The van der Waals surface area contributed by atoms with Gasteiger partial charge in [0.1, 0.15) is 11.2 Å². The molecule has 9 aromatic carbocycles. The number of hydrogen-bond acceptors (Lipinski definition) is 3. The maximum absolute atomic E-state index is 6.80. The van der Waals surface area contributed by atoms with Crippen LogP contribution in [0, 0.1) is 0 Å². The van der Waals surface area contributed by atoms with E-state index in [0.29, 0.717) is 0 Å². The average Bonchev–Trinajstić information content (AvgIpc) is 3.79. The van der Waals surface area contributed by atoms with Crippen molar-refractivity contribution in [3.05, 3.63) is 188 Å². The van der Waals surface area contributed by atoms with Crippen molar-refractivity contribution >= 4 is 92.1 Å². The van der Waals surface area contributed by atoms with Gasteiger partial charge in [-0.3, -0.25) is 0 Å². The average molecular weight is 694 g/mol. The van der Waals surface area contributed by atoms with Crippen LogP contribution in [0.2, 0.25) is 0 Å². The molecule has 0 atom stereocenters. The second kappa shape index (κ2) is 11.9. The first-order valence-electron chi connectivity index (χ1n) is 18.0. The summed E-state index contributed by atoms with van der Waals surface area (Å²) in [7, 11) is 0. The molecule has 0 amide bonds. The summed E-state index contributed by atoms with van der Waals surface area (Å²) in [4.78, 5) is 2.45. The number of benzene rings is 9. The van der Waals surface area contributed by atoms with E-state index in [4.69, 9.17) is 4.42 Å². The first-order chi connectivity index (χ1) is 26.3. The van der Waals surface area contributed by atoms with Crippen LogP contribution in [0.1, 0.15) is 0 Å². The highest BCUT2D eigenvalue weighted by molar-refractivity contribution is 7.26. The Labute approximate surface area is 310 Å². The SMILES string of the molecule is c1cc(-c2ccc3ccccc3c2)cc(N(c2ccccc2-c2cccc3c2oc2cc4ccccc4cc23)c2cccc3c2sc2ccccc23)c1. The van der Waals surface area contributed by atoms with Gasteiger partial charge in [0.05, 0.1) is 16.1 Å². The van der Waals surface area contributed by atoms with Gasteiger partial charge in [-0.25, -0.2) is 0 Å². The van der Waals surface area contributed by atoms with Crippen LogP contribution in [-0.2, 0) is 0 Å². The molecule has 0 radical (unpaired) electrons. The lowest BCUT2D eigenvalue weighted by atomic mass is 9.98. The van der Waals surface area contributed by atoms with Crippen LogP contribution in [0.5, 0.6) is 0 Å². The molecule has 11 aromatic rings. The molecule has 53 heavy (non-hydrogen) atoms. The summed E-state index contributed by atoms with van der Waals surface area (Å²) in [6, 6.07) is 68.0. The van der Waals surface area contributed by atoms with E-state index in [-0.39, 0.29) is 0 Å². The minimum absolute atomic E-state index is 0.898. The van der Waals surface area contributed by atoms with E-state index in [9.17, 15) is 0 Å². The zero-order chi connectivity index (χ0) is 34.9. The molecule has 2 heterocycles.